The third-order valence-electron chi connectivity index (χ3n) is 3.30. The molecular formula is C13H18Cl2N6O. The first kappa shape index (κ1) is 18.3. The maximum atomic E-state index is 12.1. The van der Waals surface area contributed by atoms with Gasteiger partial charge in [0.1, 0.15) is 12.7 Å². The maximum Gasteiger partial charge on any atom is 0.253 e. The number of pyridine rings is 1. The van der Waals surface area contributed by atoms with Crippen molar-refractivity contribution in [2.45, 2.75) is 18.9 Å². The molecule has 3 heterocycles. The van der Waals surface area contributed by atoms with Crippen molar-refractivity contribution in [3.8, 4) is 5.82 Å². The largest absolute Gasteiger partial charge is 0.348 e. The van der Waals surface area contributed by atoms with Crippen LogP contribution in [0.15, 0.2) is 31.0 Å². The summed E-state index contributed by atoms with van der Waals surface area (Å²) < 4.78 is 1.55. The number of amides is 1. The molecule has 120 valence electrons. The molecule has 7 nitrogen and oxygen atoms in total. The van der Waals surface area contributed by atoms with Crippen molar-refractivity contribution in [3.63, 3.8) is 0 Å². The lowest BCUT2D eigenvalue weighted by Gasteiger charge is -2.23. The van der Waals surface area contributed by atoms with Gasteiger partial charge in [0, 0.05) is 18.8 Å². The second-order valence-corrected chi connectivity index (χ2v) is 4.76. The summed E-state index contributed by atoms with van der Waals surface area (Å²) in [6, 6.07) is 3.70. The summed E-state index contributed by atoms with van der Waals surface area (Å²) in [5.41, 5.74) is 0.555. The molecule has 0 saturated carbocycles. The highest BCUT2D eigenvalue weighted by atomic mass is 35.5. The van der Waals surface area contributed by atoms with Crippen molar-refractivity contribution in [3.05, 3.63) is 36.5 Å². The second kappa shape index (κ2) is 8.67. The van der Waals surface area contributed by atoms with E-state index in [1.807, 2.05) is 0 Å². The van der Waals surface area contributed by atoms with Crippen LogP contribution in [0.25, 0.3) is 5.82 Å². The number of hydrogen-bond acceptors (Lipinski definition) is 5. The minimum atomic E-state index is -0.0867. The molecule has 1 aliphatic heterocycles. The fourth-order valence-corrected chi connectivity index (χ4v) is 2.23. The average Bonchev–Trinajstić information content (AvgIpc) is 3.03. The Morgan fingerprint density at radius 2 is 2.23 bits per heavy atom. The molecule has 0 bridgehead atoms. The number of nitrogens with zero attached hydrogens (tertiary/aromatic N) is 4. The Kier molecular flexibility index (Phi) is 7.23. The Bertz CT molecular complexity index is 569. The van der Waals surface area contributed by atoms with Gasteiger partial charge in [-0.05, 0) is 31.5 Å². The molecule has 1 amide bonds. The van der Waals surface area contributed by atoms with Gasteiger partial charge in [0.25, 0.3) is 5.91 Å². The maximum absolute atomic E-state index is 12.1. The van der Waals surface area contributed by atoms with E-state index < -0.39 is 0 Å². The highest BCUT2D eigenvalue weighted by Crippen LogP contribution is 2.06. The van der Waals surface area contributed by atoms with Gasteiger partial charge in [0.2, 0.25) is 0 Å². The van der Waals surface area contributed by atoms with Crippen molar-refractivity contribution in [1.29, 1.82) is 0 Å². The lowest BCUT2D eigenvalue weighted by atomic mass is 10.1. The van der Waals surface area contributed by atoms with Crippen molar-refractivity contribution in [1.82, 2.24) is 30.4 Å². The number of rotatable bonds is 3. The summed E-state index contributed by atoms with van der Waals surface area (Å²) in [7, 11) is 0. The van der Waals surface area contributed by atoms with Crippen LogP contribution in [0.3, 0.4) is 0 Å². The van der Waals surface area contributed by atoms with Crippen LogP contribution in [0, 0.1) is 0 Å². The van der Waals surface area contributed by atoms with Gasteiger partial charge < -0.3 is 10.6 Å². The summed E-state index contributed by atoms with van der Waals surface area (Å²) in [4.78, 5) is 20.2. The molecule has 2 aromatic heterocycles. The van der Waals surface area contributed by atoms with Crippen LogP contribution in [0.4, 0.5) is 0 Å². The topological polar surface area (TPSA) is 84.7 Å². The predicted molar refractivity (Wildman–Crippen MR) is 87.0 cm³/mol. The van der Waals surface area contributed by atoms with Gasteiger partial charge in [-0.3, -0.25) is 4.79 Å². The molecule has 2 aromatic rings. The molecule has 0 spiro atoms. The molecule has 1 saturated heterocycles. The van der Waals surface area contributed by atoms with Crippen LogP contribution < -0.4 is 10.6 Å². The number of carbonyl (C=O) groups excluding carboxylic acids is 1. The van der Waals surface area contributed by atoms with E-state index in [0.29, 0.717) is 11.4 Å². The molecule has 0 radical (unpaired) electrons. The lowest BCUT2D eigenvalue weighted by Crippen LogP contribution is -2.45. The Hall–Kier alpha value is -1.70. The molecule has 0 aliphatic carbocycles. The van der Waals surface area contributed by atoms with E-state index >= 15 is 0 Å². The number of halogens is 2. The monoisotopic (exact) mass is 344 g/mol. The summed E-state index contributed by atoms with van der Waals surface area (Å²) in [5.74, 6) is 0.551. The van der Waals surface area contributed by atoms with E-state index in [9.17, 15) is 4.79 Å². The van der Waals surface area contributed by atoms with Gasteiger partial charge in [0.05, 0.1) is 5.56 Å². The van der Waals surface area contributed by atoms with E-state index in [0.717, 1.165) is 25.9 Å². The molecule has 22 heavy (non-hydrogen) atoms. The Balaban J connectivity index is 0.00000121. The third-order valence-corrected chi connectivity index (χ3v) is 3.30. The fourth-order valence-electron chi connectivity index (χ4n) is 2.23. The molecule has 0 unspecified atom stereocenters. The number of hydrogen-bond donors (Lipinski definition) is 2. The fraction of sp³-hybridized carbons (Fsp3) is 0.385. The Morgan fingerprint density at radius 1 is 1.36 bits per heavy atom. The first-order valence-electron chi connectivity index (χ1n) is 6.65. The standard InChI is InChI=1S/C13H16N6O.2ClH/c20-13(18-11-2-1-5-14-7-11)10-3-4-12(16-6-10)19-9-15-8-17-19;;/h3-4,6,8-9,11,14H,1-2,5,7H2,(H,18,20);2*1H/t11-;;/m0../s1. The summed E-state index contributed by atoms with van der Waals surface area (Å²) in [5, 5.41) is 10.3. The van der Waals surface area contributed by atoms with E-state index in [1.54, 1.807) is 29.3 Å². The van der Waals surface area contributed by atoms with E-state index in [1.165, 1.54) is 6.33 Å². The van der Waals surface area contributed by atoms with Crippen LogP contribution in [0.2, 0.25) is 0 Å². The van der Waals surface area contributed by atoms with E-state index in [2.05, 4.69) is 25.7 Å². The van der Waals surface area contributed by atoms with Crippen molar-refractivity contribution in [2.24, 2.45) is 0 Å². The van der Waals surface area contributed by atoms with Gasteiger partial charge in [-0.25, -0.2) is 14.6 Å². The van der Waals surface area contributed by atoms with E-state index in [-0.39, 0.29) is 36.8 Å². The second-order valence-electron chi connectivity index (χ2n) is 4.76. The Morgan fingerprint density at radius 3 is 2.82 bits per heavy atom. The van der Waals surface area contributed by atoms with Crippen molar-refractivity contribution >= 4 is 30.7 Å². The zero-order valence-corrected chi connectivity index (χ0v) is 13.4. The first-order chi connectivity index (χ1) is 9.83. The molecule has 1 aliphatic rings. The lowest BCUT2D eigenvalue weighted by molar-refractivity contribution is 0.0930. The summed E-state index contributed by atoms with van der Waals surface area (Å²) >= 11 is 0. The highest BCUT2D eigenvalue weighted by Gasteiger charge is 2.16. The number of piperidine rings is 1. The van der Waals surface area contributed by atoms with Crippen molar-refractivity contribution in [2.75, 3.05) is 13.1 Å². The van der Waals surface area contributed by atoms with Gasteiger partial charge in [-0.15, -0.1) is 24.8 Å². The van der Waals surface area contributed by atoms with Crippen LogP contribution in [0.1, 0.15) is 23.2 Å². The predicted octanol–water partition coefficient (Wildman–Crippen LogP) is 0.988. The zero-order chi connectivity index (χ0) is 13.8. The summed E-state index contributed by atoms with van der Waals surface area (Å²) in [6.45, 7) is 1.86. The molecule has 1 fully saturated rings. The number of nitrogens with one attached hydrogen (secondary N) is 2. The number of carbonyl (C=O) groups is 1. The minimum absolute atomic E-state index is 0. The molecule has 2 N–H and O–H groups in total. The van der Waals surface area contributed by atoms with Gasteiger partial charge >= 0.3 is 0 Å². The van der Waals surface area contributed by atoms with Gasteiger partial charge in [-0.2, -0.15) is 5.10 Å². The third kappa shape index (κ3) is 4.40. The van der Waals surface area contributed by atoms with Crippen molar-refractivity contribution < 1.29 is 4.79 Å². The van der Waals surface area contributed by atoms with Crippen LogP contribution in [-0.4, -0.2) is 44.8 Å². The van der Waals surface area contributed by atoms with Crippen LogP contribution in [0.5, 0.6) is 0 Å². The highest BCUT2D eigenvalue weighted by molar-refractivity contribution is 5.94. The van der Waals surface area contributed by atoms with E-state index in [4.69, 9.17) is 0 Å². The normalized spacial score (nSPS) is 17.0. The van der Waals surface area contributed by atoms with Gasteiger partial charge in [0.15, 0.2) is 5.82 Å². The zero-order valence-electron chi connectivity index (χ0n) is 11.8. The smallest absolute Gasteiger partial charge is 0.253 e. The quantitative estimate of drug-likeness (QED) is 0.867. The first-order valence-corrected chi connectivity index (χ1v) is 6.65. The van der Waals surface area contributed by atoms with Crippen LogP contribution >= 0.6 is 24.8 Å². The molecule has 1 atom stereocenters. The SMILES string of the molecule is Cl.Cl.O=C(N[C@H]1CCCNC1)c1ccc(-n2cncn2)nc1. The minimum Gasteiger partial charge on any atom is -0.348 e. The molecule has 0 aromatic carbocycles. The average molecular weight is 345 g/mol. The summed E-state index contributed by atoms with van der Waals surface area (Å²) in [6.07, 6.45) is 6.67. The Labute approximate surface area is 140 Å². The molecular weight excluding hydrogens is 327 g/mol. The van der Waals surface area contributed by atoms with Gasteiger partial charge in [-0.1, -0.05) is 0 Å². The molecule has 3 rings (SSSR count). The molecule has 9 heteroatoms. The van der Waals surface area contributed by atoms with Crippen LogP contribution in [-0.2, 0) is 0 Å². The number of aromatic nitrogens is 4.